The molecule has 0 fully saturated rings. The van der Waals surface area contributed by atoms with Crippen LogP contribution in [0.25, 0.3) is 21.3 Å². The number of amides is 1. The predicted molar refractivity (Wildman–Crippen MR) is 87.4 cm³/mol. The van der Waals surface area contributed by atoms with Gasteiger partial charge in [-0.25, -0.2) is 0 Å². The topological polar surface area (TPSA) is 107 Å². The lowest BCUT2D eigenvalue weighted by atomic mass is 10.1. The summed E-state index contributed by atoms with van der Waals surface area (Å²) in [5, 5.41) is 7.39. The van der Waals surface area contributed by atoms with Crippen LogP contribution in [0.5, 0.6) is 0 Å². The van der Waals surface area contributed by atoms with Gasteiger partial charge in [0.25, 0.3) is 5.91 Å². The molecule has 0 atom stereocenters. The molecule has 0 aliphatic rings. The van der Waals surface area contributed by atoms with Crippen molar-refractivity contribution in [1.82, 2.24) is 15.3 Å². The van der Waals surface area contributed by atoms with Crippen LogP contribution in [0.3, 0.4) is 0 Å². The van der Waals surface area contributed by atoms with Gasteiger partial charge in [0, 0.05) is 34.8 Å². The molecule has 2 aromatic heterocycles. The van der Waals surface area contributed by atoms with Crippen LogP contribution < -0.4 is 5.32 Å². The number of hydrogen-bond donors (Lipinski definition) is 2. The molecule has 1 amide bonds. The summed E-state index contributed by atoms with van der Waals surface area (Å²) in [7, 11) is 0. The number of nitrogens with one attached hydrogen (secondary N) is 2. The first-order valence-electron chi connectivity index (χ1n) is 7.12. The molecule has 23 heavy (non-hydrogen) atoms. The lowest BCUT2D eigenvalue weighted by molar-refractivity contribution is 0.0954. The van der Waals surface area contributed by atoms with Crippen molar-refractivity contribution in [2.75, 3.05) is 6.54 Å². The summed E-state index contributed by atoms with van der Waals surface area (Å²) < 4.78 is 0. The number of H-pyrrole nitrogens is 1. The Morgan fingerprint density at radius 1 is 1.30 bits per heavy atom. The van der Waals surface area contributed by atoms with Crippen molar-refractivity contribution in [2.24, 2.45) is 5.11 Å². The number of rotatable bonds is 5. The van der Waals surface area contributed by atoms with Gasteiger partial charge >= 0.3 is 0 Å². The smallest absolute Gasteiger partial charge is 0.252 e. The minimum atomic E-state index is -0.204. The zero-order valence-corrected chi connectivity index (χ0v) is 12.2. The van der Waals surface area contributed by atoms with Crippen LogP contribution in [0.15, 0.2) is 53.9 Å². The van der Waals surface area contributed by atoms with Gasteiger partial charge in [-0.1, -0.05) is 18.2 Å². The molecule has 0 saturated carbocycles. The monoisotopic (exact) mass is 306 g/mol. The second-order valence-electron chi connectivity index (χ2n) is 4.96. The van der Waals surface area contributed by atoms with Crippen molar-refractivity contribution in [2.45, 2.75) is 6.42 Å². The van der Waals surface area contributed by atoms with Gasteiger partial charge in [0.1, 0.15) is 5.82 Å². The number of nitrogens with zero attached hydrogens (tertiary/aromatic N) is 4. The van der Waals surface area contributed by atoms with E-state index in [0.29, 0.717) is 12.1 Å². The minimum Gasteiger partial charge on any atom is -0.361 e. The fourth-order valence-electron chi connectivity index (χ4n) is 2.38. The normalized spacial score (nSPS) is 10.3. The van der Waals surface area contributed by atoms with E-state index in [-0.39, 0.29) is 11.7 Å². The number of pyridine rings is 1. The summed E-state index contributed by atoms with van der Waals surface area (Å²) in [6.45, 7) is 0.527. The Kier molecular flexibility index (Phi) is 4.22. The van der Waals surface area contributed by atoms with E-state index >= 15 is 0 Å². The molecule has 2 N–H and O–H groups in total. The second kappa shape index (κ2) is 6.64. The van der Waals surface area contributed by atoms with E-state index in [4.69, 9.17) is 5.53 Å². The first-order chi connectivity index (χ1) is 11.3. The molecule has 2 heterocycles. The van der Waals surface area contributed by atoms with E-state index in [9.17, 15) is 4.79 Å². The highest BCUT2D eigenvalue weighted by molar-refractivity contribution is 5.94. The van der Waals surface area contributed by atoms with Gasteiger partial charge in [-0.2, -0.15) is 0 Å². The molecular formula is C16H14N6O. The Bertz CT molecular complexity index is 877. The highest BCUT2D eigenvalue weighted by atomic mass is 16.1. The summed E-state index contributed by atoms with van der Waals surface area (Å²) in [4.78, 5) is 21.8. The van der Waals surface area contributed by atoms with Crippen LogP contribution >= 0.6 is 0 Å². The molecule has 3 aromatic rings. The average molecular weight is 306 g/mol. The number of aromatic nitrogens is 2. The highest BCUT2D eigenvalue weighted by Crippen LogP contribution is 2.17. The molecule has 7 nitrogen and oxygen atoms in total. The van der Waals surface area contributed by atoms with Gasteiger partial charge < -0.3 is 10.3 Å². The van der Waals surface area contributed by atoms with E-state index in [1.807, 2.05) is 24.4 Å². The molecule has 0 unspecified atom stereocenters. The Balaban J connectivity index is 1.59. The Morgan fingerprint density at radius 2 is 2.17 bits per heavy atom. The van der Waals surface area contributed by atoms with E-state index < -0.39 is 0 Å². The lowest BCUT2D eigenvalue weighted by Crippen LogP contribution is -2.25. The van der Waals surface area contributed by atoms with Crippen LogP contribution in [-0.4, -0.2) is 22.4 Å². The predicted octanol–water partition coefficient (Wildman–Crippen LogP) is 3.48. The van der Waals surface area contributed by atoms with Crippen LogP contribution in [0.1, 0.15) is 15.9 Å². The molecule has 0 aliphatic heterocycles. The molecule has 0 aliphatic carbocycles. The van der Waals surface area contributed by atoms with Crippen LogP contribution in [0, 0.1) is 0 Å². The number of para-hydroxylation sites is 1. The molecule has 0 spiro atoms. The van der Waals surface area contributed by atoms with Crippen LogP contribution in [-0.2, 0) is 6.42 Å². The third-order valence-corrected chi connectivity index (χ3v) is 3.51. The molecule has 0 bridgehead atoms. The Morgan fingerprint density at radius 3 is 2.96 bits per heavy atom. The van der Waals surface area contributed by atoms with E-state index in [0.717, 1.165) is 17.5 Å². The van der Waals surface area contributed by atoms with Gasteiger partial charge in [0.15, 0.2) is 0 Å². The third-order valence-electron chi connectivity index (χ3n) is 3.51. The number of hydrogen-bond acceptors (Lipinski definition) is 3. The fraction of sp³-hybridized carbons (Fsp3) is 0.125. The number of carbonyl (C=O) groups is 1. The van der Waals surface area contributed by atoms with Crippen molar-refractivity contribution < 1.29 is 4.79 Å². The first-order valence-corrected chi connectivity index (χ1v) is 7.12. The standard InChI is InChI=1S/C16H14N6O/c17-22-21-15-6-5-12(10-20-15)16(23)18-8-7-11-9-19-14-4-2-1-3-13(11)14/h1-6,9-10,19H,7-8H2,(H,18,23). The molecule has 3 rings (SSSR count). The Labute approximate surface area is 132 Å². The van der Waals surface area contributed by atoms with Gasteiger partial charge in [-0.3, -0.25) is 9.78 Å². The van der Waals surface area contributed by atoms with Crippen molar-refractivity contribution >= 4 is 22.6 Å². The van der Waals surface area contributed by atoms with Crippen molar-refractivity contribution in [1.29, 1.82) is 0 Å². The largest absolute Gasteiger partial charge is 0.361 e. The number of benzene rings is 1. The zero-order chi connectivity index (χ0) is 16.1. The van der Waals surface area contributed by atoms with Gasteiger partial charge in [-0.15, -0.1) is 0 Å². The number of carbonyl (C=O) groups excluding carboxylic acids is 1. The van der Waals surface area contributed by atoms with E-state index in [1.54, 1.807) is 6.07 Å². The van der Waals surface area contributed by atoms with Crippen LogP contribution in [0.2, 0.25) is 0 Å². The Hall–Kier alpha value is -3.31. The second-order valence-corrected chi connectivity index (χ2v) is 4.96. The summed E-state index contributed by atoms with van der Waals surface area (Å²) in [6, 6.07) is 11.1. The maximum absolute atomic E-state index is 12.0. The number of azide groups is 1. The summed E-state index contributed by atoms with van der Waals surface area (Å²) in [5.41, 5.74) is 11.0. The zero-order valence-electron chi connectivity index (χ0n) is 12.2. The maximum atomic E-state index is 12.0. The SMILES string of the molecule is [N-]=[N+]=Nc1ccc(C(=O)NCCc2c[nH]c3ccccc23)cn1. The first kappa shape index (κ1) is 14.6. The minimum absolute atomic E-state index is 0.204. The van der Waals surface area contributed by atoms with E-state index in [2.05, 4.69) is 31.4 Å². The third kappa shape index (κ3) is 3.30. The van der Waals surface area contributed by atoms with Crippen molar-refractivity contribution in [3.63, 3.8) is 0 Å². The quantitative estimate of drug-likeness (QED) is 0.427. The lowest BCUT2D eigenvalue weighted by Gasteiger charge is -2.05. The summed E-state index contributed by atoms with van der Waals surface area (Å²) in [6.07, 6.45) is 4.10. The molecular weight excluding hydrogens is 292 g/mol. The molecule has 0 radical (unpaired) electrons. The molecule has 114 valence electrons. The van der Waals surface area contributed by atoms with Crippen molar-refractivity contribution in [3.8, 4) is 0 Å². The summed E-state index contributed by atoms with van der Waals surface area (Å²) >= 11 is 0. The maximum Gasteiger partial charge on any atom is 0.252 e. The molecule has 1 aromatic carbocycles. The number of aromatic amines is 1. The van der Waals surface area contributed by atoms with Gasteiger partial charge in [0.2, 0.25) is 0 Å². The molecule has 7 heteroatoms. The highest BCUT2D eigenvalue weighted by Gasteiger charge is 2.07. The van der Waals surface area contributed by atoms with Crippen LogP contribution in [0.4, 0.5) is 5.82 Å². The average Bonchev–Trinajstić information content (AvgIpc) is 2.99. The van der Waals surface area contributed by atoms with Crippen molar-refractivity contribution in [3.05, 3.63) is 70.4 Å². The van der Waals surface area contributed by atoms with E-state index in [1.165, 1.54) is 17.6 Å². The van der Waals surface area contributed by atoms with Gasteiger partial charge in [0.05, 0.1) is 5.56 Å². The summed E-state index contributed by atoms with van der Waals surface area (Å²) in [5.74, 6) is 0.0349. The number of fused-ring (bicyclic) bond motifs is 1. The van der Waals surface area contributed by atoms with Gasteiger partial charge in [-0.05, 0) is 40.8 Å². The molecule has 0 saturated heterocycles. The fourth-order valence-corrected chi connectivity index (χ4v) is 2.38.